The third kappa shape index (κ3) is 4.48. The van der Waals surface area contributed by atoms with Gasteiger partial charge in [-0.05, 0) is 32.4 Å². The average molecular weight is 335 g/mol. The second kappa shape index (κ2) is 8.01. The summed E-state index contributed by atoms with van der Waals surface area (Å²) in [6.07, 6.45) is -0.245. The fourth-order valence-electron chi connectivity index (χ4n) is 2.06. The summed E-state index contributed by atoms with van der Waals surface area (Å²) in [5.74, 6) is 1.49. The van der Waals surface area contributed by atoms with E-state index in [2.05, 4.69) is 10.2 Å². The van der Waals surface area contributed by atoms with E-state index in [1.807, 2.05) is 49.7 Å². The van der Waals surface area contributed by atoms with Crippen molar-refractivity contribution in [3.63, 3.8) is 0 Å². The smallest absolute Gasteiger partial charge is 0.316 e. The molecule has 23 heavy (non-hydrogen) atoms. The van der Waals surface area contributed by atoms with Gasteiger partial charge < -0.3 is 14.0 Å². The van der Waals surface area contributed by atoms with Crippen LogP contribution in [0, 0.1) is 6.92 Å². The highest BCUT2D eigenvalue weighted by Crippen LogP contribution is 2.25. The molecule has 0 fully saturated rings. The minimum atomic E-state index is -0.258. The minimum absolute atomic E-state index is 0.215. The van der Waals surface area contributed by atoms with Crippen molar-refractivity contribution in [3.05, 3.63) is 35.7 Å². The highest BCUT2D eigenvalue weighted by molar-refractivity contribution is 7.99. The first-order chi connectivity index (χ1) is 11.0. The molecule has 1 heterocycles. The number of benzene rings is 1. The number of para-hydroxylation sites is 1. The number of nitrogens with zero attached hydrogens (tertiary/aromatic N) is 3. The maximum absolute atomic E-state index is 11.4. The van der Waals surface area contributed by atoms with Gasteiger partial charge in [0, 0.05) is 7.05 Å². The molecular formula is C16H21N3O3S. The summed E-state index contributed by atoms with van der Waals surface area (Å²) < 4.78 is 12.7. The molecule has 0 radical (unpaired) electrons. The van der Waals surface area contributed by atoms with Gasteiger partial charge in [-0.3, -0.25) is 4.79 Å². The van der Waals surface area contributed by atoms with E-state index < -0.39 is 0 Å². The van der Waals surface area contributed by atoms with E-state index in [0.717, 1.165) is 11.3 Å². The fourth-order valence-corrected chi connectivity index (χ4v) is 2.78. The molecule has 0 amide bonds. The number of aromatic nitrogens is 3. The SMILES string of the molecule is CCOC(=O)CSc1nnc(C(C)Oc2ccccc2C)n1C. The molecule has 0 N–H and O–H groups in total. The normalized spacial score (nSPS) is 12.0. The predicted octanol–water partition coefficient (Wildman–Crippen LogP) is 2.92. The average Bonchev–Trinajstić information content (AvgIpc) is 2.89. The molecule has 1 aromatic heterocycles. The van der Waals surface area contributed by atoms with Crippen molar-refractivity contribution in [2.75, 3.05) is 12.4 Å². The monoisotopic (exact) mass is 335 g/mol. The summed E-state index contributed by atoms with van der Waals surface area (Å²) in [4.78, 5) is 11.4. The van der Waals surface area contributed by atoms with E-state index in [1.54, 1.807) is 6.92 Å². The van der Waals surface area contributed by atoms with E-state index in [9.17, 15) is 4.79 Å². The maximum Gasteiger partial charge on any atom is 0.316 e. The van der Waals surface area contributed by atoms with Crippen molar-refractivity contribution in [2.24, 2.45) is 7.05 Å². The first-order valence-corrected chi connectivity index (χ1v) is 8.41. The summed E-state index contributed by atoms with van der Waals surface area (Å²) in [5.41, 5.74) is 1.07. The Hall–Kier alpha value is -2.02. The quantitative estimate of drug-likeness (QED) is 0.572. The predicted molar refractivity (Wildman–Crippen MR) is 88.6 cm³/mol. The highest BCUT2D eigenvalue weighted by Gasteiger charge is 2.18. The Labute approximate surface area is 140 Å². The molecular weight excluding hydrogens is 314 g/mol. The van der Waals surface area contributed by atoms with Crippen LogP contribution in [0.2, 0.25) is 0 Å². The topological polar surface area (TPSA) is 66.2 Å². The molecule has 0 saturated carbocycles. The molecule has 6 nitrogen and oxygen atoms in total. The van der Waals surface area contributed by atoms with Crippen molar-refractivity contribution in [1.82, 2.24) is 14.8 Å². The first kappa shape index (κ1) is 17.3. The summed E-state index contributed by atoms with van der Waals surface area (Å²) in [6, 6.07) is 7.84. The van der Waals surface area contributed by atoms with Crippen molar-refractivity contribution in [1.29, 1.82) is 0 Å². The number of aryl methyl sites for hydroxylation is 1. The lowest BCUT2D eigenvalue weighted by Crippen LogP contribution is -2.11. The maximum atomic E-state index is 11.4. The second-order valence-electron chi connectivity index (χ2n) is 5.02. The molecule has 0 spiro atoms. The molecule has 7 heteroatoms. The van der Waals surface area contributed by atoms with Crippen LogP contribution < -0.4 is 4.74 Å². The van der Waals surface area contributed by atoms with Gasteiger partial charge in [-0.25, -0.2) is 0 Å². The third-order valence-corrected chi connectivity index (χ3v) is 4.25. The van der Waals surface area contributed by atoms with E-state index in [0.29, 0.717) is 17.6 Å². The number of rotatable bonds is 7. The van der Waals surface area contributed by atoms with Gasteiger partial charge in [0.25, 0.3) is 0 Å². The van der Waals surface area contributed by atoms with Crippen LogP contribution in [0.4, 0.5) is 0 Å². The molecule has 1 atom stereocenters. The Balaban J connectivity index is 2.03. The van der Waals surface area contributed by atoms with Crippen molar-refractivity contribution in [2.45, 2.75) is 32.0 Å². The number of esters is 1. The summed E-state index contributed by atoms with van der Waals surface area (Å²) >= 11 is 1.30. The molecule has 0 aliphatic rings. The zero-order valence-corrected chi connectivity index (χ0v) is 14.6. The Bertz CT molecular complexity index is 672. The standard InChI is InChI=1S/C16H21N3O3S/c1-5-21-14(20)10-23-16-18-17-15(19(16)4)12(3)22-13-9-7-6-8-11(13)2/h6-9,12H,5,10H2,1-4H3. The third-order valence-electron chi connectivity index (χ3n) is 3.25. The molecule has 0 aliphatic heterocycles. The molecule has 2 aromatic rings. The highest BCUT2D eigenvalue weighted by atomic mass is 32.2. The number of hydrogen-bond donors (Lipinski definition) is 0. The Kier molecular flexibility index (Phi) is 6.04. The van der Waals surface area contributed by atoms with E-state index in [-0.39, 0.29) is 17.8 Å². The number of ether oxygens (including phenoxy) is 2. The van der Waals surface area contributed by atoms with E-state index in [1.165, 1.54) is 11.8 Å². The molecule has 0 bridgehead atoms. The van der Waals surface area contributed by atoms with Gasteiger partial charge in [-0.2, -0.15) is 0 Å². The lowest BCUT2D eigenvalue weighted by atomic mass is 10.2. The first-order valence-electron chi connectivity index (χ1n) is 7.43. The van der Waals surface area contributed by atoms with Crippen LogP contribution in [0.3, 0.4) is 0 Å². The number of thioether (sulfide) groups is 1. The van der Waals surface area contributed by atoms with Crippen LogP contribution in [0.1, 0.15) is 31.3 Å². The molecule has 0 aliphatic carbocycles. The van der Waals surface area contributed by atoms with Gasteiger partial charge in [0.1, 0.15) is 5.75 Å². The van der Waals surface area contributed by atoms with Crippen LogP contribution in [0.25, 0.3) is 0 Å². The van der Waals surface area contributed by atoms with Gasteiger partial charge in [0.15, 0.2) is 17.1 Å². The van der Waals surface area contributed by atoms with Gasteiger partial charge in [-0.15, -0.1) is 10.2 Å². The van der Waals surface area contributed by atoms with Gasteiger partial charge >= 0.3 is 5.97 Å². The molecule has 124 valence electrons. The Morgan fingerprint density at radius 3 is 2.78 bits per heavy atom. The van der Waals surface area contributed by atoms with Crippen LogP contribution in [-0.4, -0.2) is 33.1 Å². The largest absolute Gasteiger partial charge is 0.482 e. The Morgan fingerprint density at radius 1 is 1.35 bits per heavy atom. The van der Waals surface area contributed by atoms with Crippen molar-refractivity contribution in [3.8, 4) is 5.75 Å². The zero-order chi connectivity index (χ0) is 16.8. The molecule has 1 aromatic carbocycles. The summed E-state index contributed by atoms with van der Waals surface area (Å²) in [6.45, 7) is 6.09. The van der Waals surface area contributed by atoms with Gasteiger partial charge in [0.2, 0.25) is 0 Å². The summed E-state index contributed by atoms with van der Waals surface area (Å²) in [5, 5.41) is 8.96. The van der Waals surface area contributed by atoms with Crippen LogP contribution in [0.15, 0.2) is 29.4 Å². The van der Waals surface area contributed by atoms with E-state index in [4.69, 9.17) is 9.47 Å². The molecule has 1 unspecified atom stereocenters. The van der Waals surface area contributed by atoms with Gasteiger partial charge in [0.05, 0.1) is 12.4 Å². The number of carbonyl (C=O) groups is 1. The number of carbonyl (C=O) groups excluding carboxylic acids is 1. The van der Waals surface area contributed by atoms with Crippen molar-refractivity contribution >= 4 is 17.7 Å². The minimum Gasteiger partial charge on any atom is -0.482 e. The number of hydrogen-bond acceptors (Lipinski definition) is 6. The lowest BCUT2D eigenvalue weighted by molar-refractivity contribution is -0.139. The fraction of sp³-hybridized carbons (Fsp3) is 0.438. The zero-order valence-electron chi connectivity index (χ0n) is 13.8. The second-order valence-corrected chi connectivity index (χ2v) is 5.96. The van der Waals surface area contributed by atoms with Gasteiger partial charge in [-0.1, -0.05) is 30.0 Å². The van der Waals surface area contributed by atoms with Crippen LogP contribution in [-0.2, 0) is 16.6 Å². The summed E-state index contributed by atoms with van der Waals surface area (Å²) in [7, 11) is 1.86. The Morgan fingerprint density at radius 2 is 2.09 bits per heavy atom. The van der Waals surface area contributed by atoms with E-state index >= 15 is 0 Å². The van der Waals surface area contributed by atoms with Crippen LogP contribution in [0.5, 0.6) is 5.75 Å². The molecule has 0 saturated heterocycles. The lowest BCUT2D eigenvalue weighted by Gasteiger charge is -2.15. The molecule has 2 rings (SSSR count). The van der Waals surface area contributed by atoms with Crippen LogP contribution >= 0.6 is 11.8 Å². The van der Waals surface area contributed by atoms with Crippen molar-refractivity contribution < 1.29 is 14.3 Å².